The molecule has 2 aromatic carbocycles. The van der Waals surface area contributed by atoms with Gasteiger partial charge in [-0.25, -0.2) is 0 Å². The molecule has 1 heterocycles. The van der Waals surface area contributed by atoms with Crippen LogP contribution in [0.5, 0.6) is 28.7 Å². The third kappa shape index (κ3) is 2.78. The van der Waals surface area contributed by atoms with Gasteiger partial charge in [-0.05, 0) is 24.3 Å². The van der Waals surface area contributed by atoms with Gasteiger partial charge in [0.1, 0.15) is 17.2 Å². The lowest BCUT2D eigenvalue weighted by Crippen LogP contribution is -1.94. The molecule has 6 nitrogen and oxygen atoms in total. The number of fused-ring (bicyclic) bond motifs is 1. The summed E-state index contributed by atoms with van der Waals surface area (Å²) in [5, 5.41) is 10.3. The van der Waals surface area contributed by atoms with Crippen LogP contribution < -0.4 is 19.9 Å². The average Bonchev–Trinajstić information content (AvgIpc) is 2.57. The van der Waals surface area contributed by atoms with Crippen molar-refractivity contribution >= 4 is 16.6 Å². The Hall–Kier alpha value is -3.15. The maximum atomic E-state index is 9.49. The molecule has 0 bridgehead atoms. The van der Waals surface area contributed by atoms with Crippen LogP contribution in [0.1, 0.15) is 0 Å². The summed E-state index contributed by atoms with van der Waals surface area (Å²) in [5.41, 5.74) is 6.66. The molecule has 0 saturated carbocycles. The van der Waals surface area contributed by atoms with Gasteiger partial charge in [-0.15, -0.1) is 0 Å². The van der Waals surface area contributed by atoms with Crippen LogP contribution in [-0.2, 0) is 0 Å². The number of methoxy groups -OCH3 is 2. The maximum Gasteiger partial charge on any atom is 0.162 e. The first-order valence-electron chi connectivity index (χ1n) is 6.89. The van der Waals surface area contributed by atoms with Crippen molar-refractivity contribution in [3.63, 3.8) is 0 Å². The number of nitrogen functional groups attached to an aromatic ring is 1. The summed E-state index contributed by atoms with van der Waals surface area (Å²) in [6, 6.07) is 10.0. The summed E-state index contributed by atoms with van der Waals surface area (Å²) in [4.78, 5) is 4.32. The SMILES string of the molecule is COc1cc2nccc(Oc3ccc(O)c(N)c3)c2cc1OC. The van der Waals surface area contributed by atoms with Crippen LogP contribution in [0, 0.1) is 0 Å². The van der Waals surface area contributed by atoms with Gasteiger partial charge >= 0.3 is 0 Å². The first-order valence-corrected chi connectivity index (χ1v) is 6.89. The minimum absolute atomic E-state index is 0.0170. The molecule has 0 aliphatic heterocycles. The molecule has 118 valence electrons. The van der Waals surface area contributed by atoms with Crippen molar-refractivity contribution in [1.82, 2.24) is 4.98 Å². The number of benzene rings is 2. The molecule has 3 N–H and O–H groups in total. The smallest absolute Gasteiger partial charge is 0.162 e. The molecule has 0 fully saturated rings. The number of nitrogens with two attached hydrogens (primary N) is 1. The summed E-state index contributed by atoms with van der Waals surface area (Å²) >= 11 is 0. The van der Waals surface area contributed by atoms with Gasteiger partial charge in [0, 0.05) is 23.7 Å². The van der Waals surface area contributed by atoms with Crippen molar-refractivity contribution in [2.45, 2.75) is 0 Å². The number of aromatic hydroxyl groups is 1. The molecular weight excluding hydrogens is 296 g/mol. The molecule has 1 aromatic heterocycles. The minimum Gasteiger partial charge on any atom is -0.506 e. The summed E-state index contributed by atoms with van der Waals surface area (Å²) < 4.78 is 16.5. The van der Waals surface area contributed by atoms with Gasteiger partial charge in [-0.2, -0.15) is 0 Å². The fraction of sp³-hybridized carbons (Fsp3) is 0.118. The van der Waals surface area contributed by atoms with E-state index < -0.39 is 0 Å². The van der Waals surface area contributed by atoms with Gasteiger partial charge in [0.15, 0.2) is 11.5 Å². The summed E-state index contributed by atoms with van der Waals surface area (Å²) in [7, 11) is 3.14. The number of phenols is 1. The van der Waals surface area contributed by atoms with Crippen molar-refractivity contribution in [3.8, 4) is 28.7 Å². The van der Waals surface area contributed by atoms with E-state index in [9.17, 15) is 5.11 Å². The summed E-state index contributed by atoms with van der Waals surface area (Å²) in [6.45, 7) is 0. The normalized spacial score (nSPS) is 10.5. The Morgan fingerprint density at radius 2 is 1.70 bits per heavy atom. The van der Waals surface area contributed by atoms with E-state index in [2.05, 4.69) is 4.98 Å². The second-order valence-corrected chi connectivity index (χ2v) is 4.86. The molecular formula is C17H16N2O4. The van der Waals surface area contributed by atoms with Gasteiger partial charge in [0.25, 0.3) is 0 Å². The number of hydrogen-bond acceptors (Lipinski definition) is 6. The standard InChI is InChI=1S/C17H16N2O4/c1-21-16-8-11-13(9-17(16)22-2)19-6-5-15(11)23-10-3-4-14(20)12(18)7-10/h3-9,20H,18H2,1-2H3. The number of nitrogens with zero attached hydrogens (tertiary/aromatic N) is 1. The Morgan fingerprint density at radius 3 is 2.39 bits per heavy atom. The predicted octanol–water partition coefficient (Wildman–Crippen LogP) is 3.33. The quantitative estimate of drug-likeness (QED) is 0.567. The molecule has 0 unspecified atom stereocenters. The molecule has 0 aliphatic rings. The van der Waals surface area contributed by atoms with Gasteiger partial charge in [-0.1, -0.05) is 0 Å². The van der Waals surface area contributed by atoms with Crippen LogP contribution in [0.4, 0.5) is 5.69 Å². The largest absolute Gasteiger partial charge is 0.506 e. The molecule has 0 saturated heterocycles. The Bertz CT molecular complexity index is 865. The van der Waals surface area contributed by atoms with E-state index in [1.165, 1.54) is 6.07 Å². The van der Waals surface area contributed by atoms with Crippen molar-refractivity contribution in [2.24, 2.45) is 0 Å². The number of aromatic nitrogens is 1. The number of phenolic OH excluding ortho intramolecular Hbond substituents is 1. The lowest BCUT2D eigenvalue weighted by molar-refractivity contribution is 0.355. The van der Waals surface area contributed by atoms with Crippen molar-refractivity contribution in [2.75, 3.05) is 20.0 Å². The molecule has 0 atom stereocenters. The number of rotatable bonds is 4. The van der Waals surface area contributed by atoms with E-state index in [-0.39, 0.29) is 11.4 Å². The van der Waals surface area contributed by atoms with Crippen molar-refractivity contribution in [1.29, 1.82) is 0 Å². The summed E-state index contributed by atoms with van der Waals surface area (Å²) in [6.07, 6.45) is 1.65. The Balaban J connectivity index is 2.08. The molecule has 0 aliphatic carbocycles. The lowest BCUT2D eigenvalue weighted by atomic mass is 10.2. The second-order valence-electron chi connectivity index (χ2n) is 4.86. The van der Waals surface area contributed by atoms with Gasteiger partial charge < -0.3 is 25.1 Å². The molecule has 0 radical (unpaired) electrons. The first-order chi connectivity index (χ1) is 11.1. The molecule has 0 amide bonds. The van der Waals surface area contributed by atoms with Crippen LogP contribution in [0.3, 0.4) is 0 Å². The molecule has 3 aromatic rings. The predicted molar refractivity (Wildman–Crippen MR) is 87.4 cm³/mol. The van der Waals surface area contributed by atoms with E-state index in [1.54, 1.807) is 50.7 Å². The third-order valence-corrected chi connectivity index (χ3v) is 3.43. The first kappa shape index (κ1) is 14.8. The van der Waals surface area contributed by atoms with Gasteiger partial charge in [0.05, 0.1) is 25.4 Å². The Labute approximate surface area is 133 Å². The minimum atomic E-state index is 0.0170. The molecule has 6 heteroatoms. The van der Waals surface area contributed by atoms with E-state index in [0.29, 0.717) is 28.5 Å². The van der Waals surface area contributed by atoms with Crippen LogP contribution in [0.15, 0.2) is 42.6 Å². The van der Waals surface area contributed by atoms with E-state index in [0.717, 1.165) is 5.39 Å². The van der Waals surface area contributed by atoms with E-state index >= 15 is 0 Å². The Morgan fingerprint density at radius 1 is 0.957 bits per heavy atom. The van der Waals surface area contributed by atoms with Crippen molar-refractivity contribution in [3.05, 3.63) is 42.6 Å². The number of ether oxygens (including phenoxy) is 3. The van der Waals surface area contributed by atoms with Crippen LogP contribution in [0.2, 0.25) is 0 Å². The Kier molecular flexibility index (Phi) is 3.80. The van der Waals surface area contributed by atoms with Gasteiger partial charge in [0.2, 0.25) is 0 Å². The maximum absolute atomic E-state index is 9.49. The van der Waals surface area contributed by atoms with Crippen LogP contribution >= 0.6 is 0 Å². The van der Waals surface area contributed by atoms with Crippen molar-refractivity contribution < 1.29 is 19.3 Å². The van der Waals surface area contributed by atoms with E-state index in [1.807, 2.05) is 0 Å². The lowest BCUT2D eigenvalue weighted by Gasteiger charge is -2.12. The molecule has 23 heavy (non-hydrogen) atoms. The monoisotopic (exact) mass is 312 g/mol. The zero-order valence-electron chi connectivity index (χ0n) is 12.7. The highest BCUT2D eigenvalue weighted by molar-refractivity contribution is 5.88. The fourth-order valence-electron chi connectivity index (χ4n) is 2.26. The zero-order chi connectivity index (χ0) is 16.4. The zero-order valence-corrected chi connectivity index (χ0v) is 12.7. The topological polar surface area (TPSA) is 86.8 Å². The highest BCUT2D eigenvalue weighted by atomic mass is 16.5. The molecule has 0 spiro atoms. The summed E-state index contributed by atoms with van der Waals surface area (Å²) in [5.74, 6) is 2.31. The fourth-order valence-corrected chi connectivity index (χ4v) is 2.26. The van der Waals surface area contributed by atoms with Gasteiger partial charge in [-0.3, -0.25) is 4.98 Å². The highest BCUT2D eigenvalue weighted by Crippen LogP contribution is 2.37. The highest BCUT2D eigenvalue weighted by Gasteiger charge is 2.11. The number of hydrogen-bond donors (Lipinski definition) is 2. The third-order valence-electron chi connectivity index (χ3n) is 3.43. The second kappa shape index (κ2) is 5.92. The molecule has 3 rings (SSSR count). The van der Waals surface area contributed by atoms with Crippen LogP contribution in [-0.4, -0.2) is 24.3 Å². The van der Waals surface area contributed by atoms with Crippen LogP contribution in [0.25, 0.3) is 10.9 Å². The number of pyridine rings is 1. The number of anilines is 1. The average molecular weight is 312 g/mol. The van der Waals surface area contributed by atoms with E-state index in [4.69, 9.17) is 19.9 Å².